The van der Waals surface area contributed by atoms with E-state index in [2.05, 4.69) is 35.5 Å². The van der Waals surface area contributed by atoms with Crippen molar-refractivity contribution in [3.05, 3.63) is 67.3 Å². The minimum absolute atomic E-state index is 0.0755. The molecule has 1 unspecified atom stereocenters. The Morgan fingerprint density at radius 1 is 1.09 bits per heavy atom. The highest BCUT2D eigenvalue weighted by molar-refractivity contribution is 5.92. The van der Waals surface area contributed by atoms with Gasteiger partial charge in [-0.15, -0.1) is 10.2 Å². The third-order valence-electron chi connectivity index (χ3n) is 5.79. The van der Waals surface area contributed by atoms with Crippen molar-refractivity contribution in [1.82, 2.24) is 29.9 Å². The normalized spacial score (nSPS) is 15.7. The van der Waals surface area contributed by atoms with E-state index >= 15 is 0 Å². The van der Waals surface area contributed by atoms with E-state index in [9.17, 15) is 4.79 Å². The second-order valence-corrected chi connectivity index (χ2v) is 7.96. The summed E-state index contributed by atoms with van der Waals surface area (Å²) in [6.45, 7) is 1.38. The number of nitrogens with zero attached hydrogens (tertiary/aromatic N) is 7. The third kappa shape index (κ3) is 4.56. The van der Waals surface area contributed by atoms with Crippen LogP contribution in [0, 0.1) is 5.92 Å². The number of methoxy groups -OCH3 is 1. The topological polar surface area (TPSA) is 111 Å². The first-order valence-corrected chi connectivity index (χ1v) is 11.1. The van der Waals surface area contributed by atoms with Gasteiger partial charge in [0.15, 0.2) is 11.6 Å². The van der Waals surface area contributed by atoms with Crippen LogP contribution >= 0.6 is 0 Å². The number of amides is 1. The number of anilines is 2. The molecule has 0 radical (unpaired) electrons. The highest BCUT2D eigenvalue weighted by atomic mass is 16.5. The van der Waals surface area contributed by atoms with Crippen LogP contribution in [0.3, 0.4) is 0 Å². The van der Waals surface area contributed by atoms with Gasteiger partial charge in [0, 0.05) is 37.1 Å². The number of para-hydroxylation sites is 1. The molecule has 1 atom stereocenters. The Balaban J connectivity index is 1.26. The Bertz CT molecular complexity index is 1260. The van der Waals surface area contributed by atoms with Crippen molar-refractivity contribution in [2.24, 2.45) is 5.92 Å². The zero-order valence-corrected chi connectivity index (χ0v) is 18.7. The lowest BCUT2D eigenvalue weighted by atomic mass is 9.97. The molecule has 1 aliphatic heterocycles. The number of ether oxygens (including phenoxy) is 1. The van der Waals surface area contributed by atoms with E-state index in [1.807, 2.05) is 42.5 Å². The molecule has 1 N–H and O–H groups in total. The van der Waals surface area contributed by atoms with Gasteiger partial charge < -0.3 is 15.0 Å². The molecule has 1 fully saturated rings. The summed E-state index contributed by atoms with van der Waals surface area (Å²) in [7, 11) is 1.64. The lowest BCUT2D eigenvalue weighted by Crippen LogP contribution is -2.41. The van der Waals surface area contributed by atoms with Crippen LogP contribution in [0.4, 0.5) is 11.6 Å². The fourth-order valence-electron chi connectivity index (χ4n) is 4.07. The molecular formula is C24H24N8O2. The average molecular weight is 457 g/mol. The van der Waals surface area contributed by atoms with Crippen molar-refractivity contribution >= 4 is 17.5 Å². The van der Waals surface area contributed by atoms with Crippen LogP contribution in [-0.4, -0.2) is 56.1 Å². The fourth-order valence-corrected chi connectivity index (χ4v) is 4.07. The summed E-state index contributed by atoms with van der Waals surface area (Å²) in [4.78, 5) is 23.5. The molecule has 5 rings (SSSR count). The molecule has 0 saturated carbocycles. The maximum absolute atomic E-state index is 13.0. The van der Waals surface area contributed by atoms with E-state index in [4.69, 9.17) is 4.74 Å². The average Bonchev–Trinajstić information content (AvgIpc) is 3.44. The molecule has 1 saturated heterocycles. The quantitative estimate of drug-likeness (QED) is 0.471. The van der Waals surface area contributed by atoms with Gasteiger partial charge in [0.1, 0.15) is 17.9 Å². The van der Waals surface area contributed by atoms with E-state index in [1.165, 1.54) is 6.33 Å². The van der Waals surface area contributed by atoms with E-state index < -0.39 is 0 Å². The number of hydrogen-bond acceptors (Lipinski definition) is 8. The number of rotatable bonds is 6. The largest absolute Gasteiger partial charge is 0.496 e. The SMILES string of the molecule is COc1ccccc1-c1ccc(N2CCCC(C(=O)Nc3cc(-n4cccn4)ncn3)C2)nn1. The Morgan fingerprint density at radius 2 is 2.00 bits per heavy atom. The summed E-state index contributed by atoms with van der Waals surface area (Å²) < 4.78 is 7.05. The van der Waals surface area contributed by atoms with Crippen LogP contribution in [0.15, 0.2) is 67.3 Å². The summed E-state index contributed by atoms with van der Waals surface area (Å²) in [5, 5.41) is 15.9. The second-order valence-electron chi connectivity index (χ2n) is 7.96. The standard InChI is InChI=1S/C24H24N8O2/c1-34-20-8-3-2-7-18(20)19-9-10-22(30-29-19)31-12-4-6-17(15-31)24(33)28-21-14-23(26-16-25-21)32-13-5-11-27-32/h2-3,5,7-11,13-14,16-17H,4,6,12,15H2,1H3,(H,25,26,28,33). The van der Waals surface area contributed by atoms with Gasteiger partial charge in [-0.05, 0) is 43.2 Å². The van der Waals surface area contributed by atoms with Crippen molar-refractivity contribution in [2.75, 3.05) is 30.4 Å². The van der Waals surface area contributed by atoms with Gasteiger partial charge in [0.05, 0.1) is 18.7 Å². The number of carbonyl (C=O) groups excluding carboxylic acids is 1. The van der Waals surface area contributed by atoms with Crippen molar-refractivity contribution in [2.45, 2.75) is 12.8 Å². The molecule has 0 spiro atoms. The zero-order chi connectivity index (χ0) is 23.3. The Kier molecular flexibility index (Phi) is 6.11. The summed E-state index contributed by atoms with van der Waals surface area (Å²) in [5.41, 5.74) is 1.63. The molecule has 0 bridgehead atoms. The van der Waals surface area contributed by atoms with Crippen LogP contribution in [0.5, 0.6) is 5.75 Å². The molecule has 1 amide bonds. The van der Waals surface area contributed by atoms with Crippen molar-refractivity contribution in [3.63, 3.8) is 0 Å². The van der Waals surface area contributed by atoms with Crippen LogP contribution in [0.1, 0.15) is 12.8 Å². The predicted octanol–water partition coefficient (Wildman–Crippen LogP) is 2.98. The van der Waals surface area contributed by atoms with Gasteiger partial charge in [0.25, 0.3) is 0 Å². The molecule has 0 aliphatic carbocycles. The Hall–Kier alpha value is -4.34. The van der Waals surface area contributed by atoms with Gasteiger partial charge in [-0.2, -0.15) is 5.10 Å². The lowest BCUT2D eigenvalue weighted by molar-refractivity contribution is -0.120. The number of aromatic nitrogens is 6. The van der Waals surface area contributed by atoms with Crippen molar-refractivity contribution in [1.29, 1.82) is 0 Å². The highest BCUT2D eigenvalue weighted by Gasteiger charge is 2.27. The third-order valence-corrected chi connectivity index (χ3v) is 5.79. The van der Waals surface area contributed by atoms with E-state index in [0.29, 0.717) is 18.2 Å². The molecule has 34 heavy (non-hydrogen) atoms. The summed E-state index contributed by atoms with van der Waals surface area (Å²) in [5.74, 6) is 2.27. The van der Waals surface area contributed by atoms with E-state index in [1.54, 1.807) is 30.3 Å². The lowest BCUT2D eigenvalue weighted by Gasteiger charge is -2.32. The van der Waals surface area contributed by atoms with E-state index in [-0.39, 0.29) is 11.8 Å². The van der Waals surface area contributed by atoms with Crippen LogP contribution < -0.4 is 15.0 Å². The minimum atomic E-state index is -0.187. The molecule has 1 aliphatic rings. The van der Waals surface area contributed by atoms with Gasteiger partial charge in [-0.25, -0.2) is 14.6 Å². The molecule has 3 aromatic heterocycles. The maximum atomic E-state index is 13.0. The van der Waals surface area contributed by atoms with Crippen molar-refractivity contribution in [3.8, 4) is 22.8 Å². The van der Waals surface area contributed by atoms with Crippen LogP contribution in [-0.2, 0) is 4.79 Å². The number of carbonyl (C=O) groups is 1. The highest BCUT2D eigenvalue weighted by Crippen LogP contribution is 2.29. The first-order chi connectivity index (χ1) is 16.7. The molecule has 172 valence electrons. The number of piperidine rings is 1. The van der Waals surface area contributed by atoms with Crippen LogP contribution in [0.25, 0.3) is 17.1 Å². The summed E-state index contributed by atoms with van der Waals surface area (Å²) in [6, 6.07) is 15.1. The predicted molar refractivity (Wildman–Crippen MR) is 127 cm³/mol. The van der Waals surface area contributed by atoms with Crippen LogP contribution in [0.2, 0.25) is 0 Å². The Labute approximate surface area is 196 Å². The first kappa shape index (κ1) is 21.5. The summed E-state index contributed by atoms with van der Waals surface area (Å²) >= 11 is 0. The van der Waals surface area contributed by atoms with Gasteiger partial charge in [-0.3, -0.25) is 4.79 Å². The number of benzene rings is 1. The number of hydrogen-bond donors (Lipinski definition) is 1. The Morgan fingerprint density at radius 3 is 2.79 bits per heavy atom. The maximum Gasteiger partial charge on any atom is 0.230 e. The first-order valence-electron chi connectivity index (χ1n) is 11.1. The van der Waals surface area contributed by atoms with Gasteiger partial charge in [-0.1, -0.05) is 12.1 Å². The van der Waals surface area contributed by atoms with Crippen molar-refractivity contribution < 1.29 is 9.53 Å². The molecule has 10 heteroatoms. The minimum Gasteiger partial charge on any atom is -0.496 e. The molecule has 1 aromatic carbocycles. The molecular weight excluding hydrogens is 432 g/mol. The molecule has 4 aromatic rings. The monoisotopic (exact) mass is 456 g/mol. The number of nitrogens with one attached hydrogen (secondary N) is 1. The van der Waals surface area contributed by atoms with Gasteiger partial charge >= 0.3 is 0 Å². The molecule has 10 nitrogen and oxygen atoms in total. The molecule has 4 heterocycles. The smallest absolute Gasteiger partial charge is 0.230 e. The summed E-state index contributed by atoms with van der Waals surface area (Å²) in [6.07, 6.45) is 6.55. The fraction of sp³-hybridized carbons (Fsp3) is 0.250. The second kappa shape index (κ2) is 9.65. The zero-order valence-electron chi connectivity index (χ0n) is 18.7. The van der Waals surface area contributed by atoms with E-state index in [0.717, 1.165) is 42.2 Å². The van der Waals surface area contributed by atoms with Gasteiger partial charge in [0.2, 0.25) is 5.91 Å².